The molecule has 0 bridgehead atoms. The number of amides is 1. The van der Waals surface area contributed by atoms with Crippen LogP contribution in [0.2, 0.25) is 10.0 Å². The fourth-order valence-corrected chi connectivity index (χ4v) is 4.92. The highest BCUT2D eigenvalue weighted by Gasteiger charge is 2.62. The maximum absolute atomic E-state index is 14.2. The first-order valence-electron chi connectivity index (χ1n) is 10.8. The van der Waals surface area contributed by atoms with Gasteiger partial charge in [0.05, 0.1) is 24.3 Å². The number of carbonyl (C=O) groups is 1. The molecule has 2 aliphatic rings. The Hall–Kier alpha value is -2.29. The summed E-state index contributed by atoms with van der Waals surface area (Å²) in [7, 11) is 1.55. The number of oxime groups is 1. The lowest BCUT2D eigenvalue weighted by Crippen LogP contribution is -2.42. The quantitative estimate of drug-likeness (QED) is 0.506. The van der Waals surface area contributed by atoms with Crippen molar-refractivity contribution >= 4 is 34.8 Å². The van der Waals surface area contributed by atoms with Crippen molar-refractivity contribution in [1.82, 2.24) is 5.32 Å². The van der Waals surface area contributed by atoms with Crippen molar-refractivity contribution in [3.05, 3.63) is 68.7 Å². The third-order valence-electron chi connectivity index (χ3n) is 6.28. The van der Waals surface area contributed by atoms with E-state index >= 15 is 0 Å². The summed E-state index contributed by atoms with van der Waals surface area (Å²) >= 11 is 11.9. The van der Waals surface area contributed by atoms with Crippen molar-refractivity contribution < 1.29 is 27.5 Å². The van der Waals surface area contributed by atoms with Gasteiger partial charge in [0.25, 0.3) is 5.60 Å². The first kappa shape index (κ1) is 24.8. The number of benzene rings is 2. The molecule has 5 nitrogen and oxygen atoms in total. The highest BCUT2D eigenvalue weighted by Crippen LogP contribution is 2.50. The molecule has 10 heteroatoms. The Bertz CT molecular complexity index is 1120. The number of fused-ring (bicyclic) bond motifs is 1. The van der Waals surface area contributed by atoms with Crippen LogP contribution in [0.1, 0.15) is 54.5 Å². The molecule has 34 heavy (non-hydrogen) atoms. The van der Waals surface area contributed by atoms with Gasteiger partial charge in [0.1, 0.15) is 0 Å². The topological polar surface area (TPSA) is 59.9 Å². The third-order valence-corrected chi connectivity index (χ3v) is 6.72. The second-order valence-electron chi connectivity index (χ2n) is 8.61. The van der Waals surface area contributed by atoms with E-state index < -0.39 is 18.2 Å². The number of nitrogens with one attached hydrogen (secondary N) is 1. The highest BCUT2D eigenvalue weighted by atomic mass is 35.5. The zero-order valence-electron chi connectivity index (χ0n) is 18.5. The second-order valence-corrected chi connectivity index (χ2v) is 9.48. The van der Waals surface area contributed by atoms with Gasteiger partial charge >= 0.3 is 6.18 Å². The predicted molar refractivity (Wildman–Crippen MR) is 123 cm³/mol. The summed E-state index contributed by atoms with van der Waals surface area (Å²) in [5, 5.41) is 6.99. The molecule has 0 radical (unpaired) electrons. The molecule has 1 amide bonds. The van der Waals surface area contributed by atoms with E-state index in [1.54, 1.807) is 13.2 Å². The SMILES string of the molecule is COC(C)CC(=O)NC1CCc2cc(C3=NOC(c4cc(Cl)cc(Cl)c4)(C(F)(F)F)C3)ccc21. The Morgan fingerprint density at radius 2 is 1.97 bits per heavy atom. The summed E-state index contributed by atoms with van der Waals surface area (Å²) in [6, 6.07) is 8.96. The van der Waals surface area contributed by atoms with Crippen molar-refractivity contribution in [2.75, 3.05) is 7.11 Å². The van der Waals surface area contributed by atoms with E-state index in [4.69, 9.17) is 32.8 Å². The first-order chi connectivity index (χ1) is 16.0. The summed E-state index contributed by atoms with van der Waals surface area (Å²) in [5.74, 6) is -0.111. The molecule has 0 saturated carbocycles. The molecule has 1 aliphatic heterocycles. The largest absolute Gasteiger partial charge is 0.435 e. The van der Waals surface area contributed by atoms with Crippen LogP contribution >= 0.6 is 23.2 Å². The van der Waals surface area contributed by atoms with Gasteiger partial charge in [0.15, 0.2) is 0 Å². The second kappa shape index (κ2) is 9.40. The number of halogens is 5. The Balaban J connectivity index is 1.56. The van der Waals surface area contributed by atoms with Crippen LogP contribution in [0.5, 0.6) is 0 Å². The van der Waals surface area contributed by atoms with Gasteiger partial charge < -0.3 is 14.9 Å². The van der Waals surface area contributed by atoms with Crippen LogP contribution in [-0.2, 0) is 26.4 Å². The molecule has 3 atom stereocenters. The number of hydrogen-bond acceptors (Lipinski definition) is 4. The minimum atomic E-state index is -4.75. The van der Waals surface area contributed by atoms with Crippen molar-refractivity contribution in [1.29, 1.82) is 0 Å². The zero-order chi connectivity index (χ0) is 24.7. The predicted octanol–water partition coefficient (Wildman–Crippen LogP) is 6.10. The maximum atomic E-state index is 14.2. The lowest BCUT2D eigenvalue weighted by Gasteiger charge is -2.29. The summed E-state index contributed by atoms with van der Waals surface area (Å²) in [6.07, 6.45) is -3.80. The van der Waals surface area contributed by atoms with Crippen molar-refractivity contribution in [2.24, 2.45) is 5.16 Å². The van der Waals surface area contributed by atoms with Crippen LogP contribution in [0, 0.1) is 0 Å². The summed E-state index contributed by atoms with van der Waals surface area (Å²) < 4.78 is 47.8. The molecule has 1 aliphatic carbocycles. The molecule has 3 unspecified atom stereocenters. The zero-order valence-corrected chi connectivity index (χ0v) is 20.0. The van der Waals surface area contributed by atoms with Crippen molar-refractivity contribution in [3.63, 3.8) is 0 Å². The Labute approximate surface area is 205 Å². The van der Waals surface area contributed by atoms with E-state index in [2.05, 4.69) is 10.5 Å². The van der Waals surface area contributed by atoms with Crippen LogP contribution in [-0.4, -0.2) is 31.0 Å². The van der Waals surface area contributed by atoms with Gasteiger partial charge in [-0.15, -0.1) is 0 Å². The van der Waals surface area contributed by atoms with E-state index in [-0.39, 0.29) is 45.8 Å². The van der Waals surface area contributed by atoms with Gasteiger partial charge in [0.2, 0.25) is 5.91 Å². The Morgan fingerprint density at radius 1 is 1.26 bits per heavy atom. The van der Waals surface area contributed by atoms with Gasteiger partial charge in [-0.2, -0.15) is 13.2 Å². The van der Waals surface area contributed by atoms with Crippen LogP contribution in [0.15, 0.2) is 41.6 Å². The van der Waals surface area contributed by atoms with Crippen molar-refractivity contribution in [3.8, 4) is 0 Å². The number of aryl methyl sites for hydroxylation is 1. The van der Waals surface area contributed by atoms with E-state index in [1.807, 2.05) is 19.1 Å². The van der Waals surface area contributed by atoms with Crippen molar-refractivity contribution in [2.45, 2.75) is 56.5 Å². The molecule has 2 aromatic rings. The molecule has 0 saturated heterocycles. The average molecular weight is 515 g/mol. The summed E-state index contributed by atoms with van der Waals surface area (Å²) in [5.41, 5.74) is -0.253. The summed E-state index contributed by atoms with van der Waals surface area (Å²) in [6.45, 7) is 1.82. The summed E-state index contributed by atoms with van der Waals surface area (Å²) in [4.78, 5) is 17.3. The molecule has 4 rings (SSSR count). The number of nitrogens with zero attached hydrogens (tertiary/aromatic N) is 1. The fraction of sp³-hybridized carbons (Fsp3) is 0.417. The molecule has 2 aromatic carbocycles. The standard InChI is InChI=1S/C24H23Cl2F3N2O3/c1-13(33-2)7-22(32)30-20-6-4-14-8-15(3-5-19(14)20)21-12-23(34-31-21,24(27,28)29)16-9-17(25)11-18(26)10-16/h3,5,8-11,13,20H,4,6-7,12H2,1-2H3,(H,30,32). The first-order valence-corrected chi connectivity index (χ1v) is 11.5. The number of methoxy groups -OCH3 is 1. The third kappa shape index (κ3) is 4.76. The molecule has 0 fully saturated rings. The lowest BCUT2D eigenvalue weighted by atomic mass is 9.86. The number of alkyl halides is 3. The average Bonchev–Trinajstić information content (AvgIpc) is 3.38. The molecule has 1 heterocycles. The number of ether oxygens (including phenoxy) is 1. The number of carbonyl (C=O) groups excluding carboxylic acids is 1. The van der Waals surface area contributed by atoms with Gasteiger partial charge in [-0.05, 0) is 60.7 Å². The van der Waals surface area contributed by atoms with E-state index in [0.717, 1.165) is 11.1 Å². The molecule has 0 spiro atoms. The minimum Gasteiger partial charge on any atom is -0.381 e. The van der Waals surface area contributed by atoms with Crippen LogP contribution < -0.4 is 5.32 Å². The Morgan fingerprint density at radius 3 is 2.62 bits per heavy atom. The van der Waals surface area contributed by atoms with Gasteiger partial charge in [0, 0.05) is 29.1 Å². The smallest absolute Gasteiger partial charge is 0.381 e. The molecular formula is C24H23Cl2F3N2O3. The van der Waals surface area contributed by atoms with Gasteiger partial charge in [-0.1, -0.05) is 40.5 Å². The van der Waals surface area contributed by atoms with Crippen LogP contribution in [0.3, 0.4) is 0 Å². The molecular weight excluding hydrogens is 492 g/mol. The van der Waals surface area contributed by atoms with Gasteiger partial charge in [-0.25, -0.2) is 0 Å². The highest BCUT2D eigenvalue weighted by molar-refractivity contribution is 6.34. The lowest BCUT2D eigenvalue weighted by molar-refractivity contribution is -0.275. The fourth-order valence-electron chi connectivity index (χ4n) is 4.39. The monoisotopic (exact) mass is 514 g/mol. The molecule has 1 N–H and O–H groups in total. The van der Waals surface area contributed by atoms with E-state index in [0.29, 0.717) is 18.4 Å². The maximum Gasteiger partial charge on any atom is 0.435 e. The Kier molecular flexibility index (Phi) is 6.86. The van der Waals surface area contributed by atoms with E-state index in [9.17, 15) is 18.0 Å². The molecule has 182 valence electrons. The minimum absolute atomic E-state index is 0.0775. The number of rotatable bonds is 6. The number of hydrogen-bond donors (Lipinski definition) is 1. The molecule has 0 aromatic heterocycles. The van der Waals surface area contributed by atoms with Crippen LogP contribution in [0.25, 0.3) is 0 Å². The van der Waals surface area contributed by atoms with Gasteiger partial charge in [-0.3, -0.25) is 4.79 Å². The van der Waals surface area contributed by atoms with Crippen LogP contribution in [0.4, 0.5) is 13.2 Å². The normalized spacial score (nSPS) is 22.7. The van der Waals surface area contributed by atoms with E-state index in [1.165, 1.54) is 18.2 Å².